The van der Waals surface area contributed by atoms with Gasteiger partial charge >= 0.3 is 6.11 Å². The number of ether oxygens (including phenoxy) is 1. The van der Waals surface area contributed by atoms with Crippen LogP contribution in [0.15, 0.2) is 48.5 Å². The maximum absolute atomic E-state index is 15.1. The molecule has 0 saturated carbocycles. The van der Waals surface area contributed by atoms with Gasteiger partial charge in [-0.25, -0.2) is 17.6 Å². The molecule has 4 aromatic rings. The van der Waals surface area contributed by atoms with E-state index in [0.29, 0.717) is 17.7 Å². The molecular weight excluding hydrogens is 454 g/mol. The van der Waals surface area contributed by atoms with E-state index in [1.807, 2.05) is 32.9 Å². The fraction of sp³-hybridized carbons (Fsp3) is 0.185. The van der Waals surface area contributed by atoms with Gasteiger partial charge in [0.05, 0.1) is 0 Å². The van der Waals surface area contributed by atoms with Crippen molar-refractivity contribution in [2.75, 3.05) is 0 Å². The largest absolute Gasteiger partial charge is 0.432 e. The molecule has 34 heavy (non-hydrogen) atoms. The summed E-state index contributed by atoms with van der Waals surface area (Å²) in [5.74, 6) is -6.21. The minimum atomic E-state index is -4.53. The third-order valence-electron chi connectivity index (χ3n) is 5.79. The molecule has 0 aliphatic carbocycles. The van der Waals surface area contributed by atoms with Crippen molar-refractivity contribution in [3.8, 4) is 16.9 Å². The van der Waals surface area contributed by atoms with Crippen molar-refractivity contribution in [2.45, 2.75) is 33.8 Å². The van der Waals surface area contributed by atoms with Gasteiger partial charge in [0, 0.05) is 23.1 Å². The van der Waals surface area contributed by atoms with Crippen molar-refractivity contribution in [1.82, 2.24) is 0 Å². The van der Waals surface area contributed by atoms with Gasteiger partial charge in [0.15, 0.2) is 0 Å². The maximum atomic E-state index is 15.1. The molecule has 4 rings (SSSR count). The van der Waals surface area contributed by atoms with Crippen LogP contribution in [0.4, 0.5) is 26.3 Å². The summed E-state index contributed by atoms with van der Waals surface area (Å²) < 4.78 is 91.4. The van der Waals surface area contributed by atoms with E-state index in [9.17, 15) is 22.0 Å². The summed E-state index contributed by atoms with van der Waals surface area (Å²) >= 11 is 0. The number of fused-ring (bicyclic) bond motifs is 1. The Labute approximate surface area is 192 Å². The Balaban J connectivity index is 1.80. The summed E-state index contributed by atoms with van der Waals surface area (Å²) in [5.41, 5.74) is 2.53. The minimum absolute atomic E-state index is 0.0823. The van der Waals surface area contributed by atoms with Gasteiger partial charge in [0.2, 0.25) is 0 Å². The van der Waals surface area contributed by atoms with Gasteiger partial charge in [0.25, 0.3) is 0 Å². The third-order valence-corrected chi connectivity index (χ3v) is 5.79. The van der Waals surface area contributed by atoms with E-state index in [1.165, 1.54) is 12.1 Å². The lowest BCUT2D eigenvalue weighted by Gasteiger charge is -2.21. The van der Waals surface area contributed by atoms with Gasteiger partial charge in [-0.3, -0.25) is 0 Å². The summed E-state index contributed by atoms with van der Waals surface area (Å²) in [5, 5.41) is -0.161. The second-order valence-corrected chi connectivity index (χ2v) is 8.39. The number of hydrogen-bond acceptors (Lipinski definition) is 1. The zero-order valence-corrected chi connectivity index (χ0v) is 18.8. The second kappa shape index (κ2) is 8.38. The molecule has 0 aliphatic heterocycles. The van der Waals surface area contributed by atoms with Crippen molar-refractivity contribution >= 4 is 10.8 Å². The number of aryl methyl sites for hydroxylation is 3. The molecule has 0 aliphatic rings. The molecule has 0 radical (unpaired) electrons. The van der Waals surface area contributed by atoms with Crippen molar-refractivity contribution < 1.29 is 31.1 Å². The number of rotatable bonds is 4. The van der Waals surface area contributed by atoms with Gasteiger partial charge in [0.1, 0.15) is 34.6 Å². The summed E-state index contributed by atoms with van der Waals surface area (Å²) in [6.07, 6.45) is -4.53. The molecule has 0 amide bonds. The minimum Gasteiger partial charge on any atom is -0.429 e. The van der Waals surface area contributed by atoms with Crippen LogP contribution in [0.2, 0.25) is 0 Å². The maximum Gasteiger partial charge on any atom is 0.432 e. The molecule has 7 heteroatoms. The molecule has 176 valence electrons. The highest BCUT2D eigenvalue weighted by molar-refractivity contribution is 5.89. The molecule has 0 atom stereocenters. The summed E-state index contributed by atoms with van der Waals surface area (Å²) in [6.45, 7) is 6.90. The van der Waals surface area contributed by atoms with E-state index in [4.69, 9.17) is 0 Å². The first-order chi connectivity index (χ1) is 15.9. The quantitative estimate of drug-likeness (QED) is 0.270. The summed E-state index contributed by atoms with van der Waals surface area (Å²) in [4.78, 5) is 0. The second-order valence-electron chi connectivity index (χ2n) is 8.39. The van der Waals surface area contributed by atoms with Gasteiger partial charge in [-0.15, -0.1) is 0 Å². The zero-order chi connectivity index (χ0) is 24.9. The monoisotopic (exact) mass is 474 g/mol. The van der Waals surface area contributed by atoms with Crippen LogP contribution in [-0.4, -0.2) is 0 Å². The number of alkyl halides is 2. The molecule has 0 spiro atoms. The highest BCUT2D eigenvalue weighted by atomic mass is 19.3. The fourth-order valence-corrected chi connectivity index (χ4v) is 4.27. The standard InChI is InChI=1S/C27H20F6O/c1-13-7-14(2)24(15(3)8-13)17-5-6-20-18(9-17)10-23(30)25(26(20)31)27(32,33)34-19-11-21(28)16(4)22(29)12-19/h5-12H,1-4H3. The molecule has 0 aromatic heterocycles. The Bertz CT molecular complexity index is 1400. The zero-order valence-electron chi connectivity index (χ0n) is 18.8. The fourth-order valence-electron chi connectivity index (χ4n) is 4.27. The average molecular weight is 474 g/mol. The number of halogens is 6. The van der Waals surface area contributed by atoms with E-state index in [0.717, 1.165) is 35.2 Å². The molecule has 0 N–H and O–H groups in total. The smallest absolute Gasteiger partial charge is 0.429 e. The normalized spacial score (nSPS) is 11.8. The van der Waals surface area contributed by atoms with Crippen molar-refractivity contribution in [3.05, 3.63) is 99.6 Å². The van der Waals surface area contributed by atoms with Gasteiger partial charge in [-0.1, -0.05) is 29.8 Å². The Morgan fingerprint density at radius 3 is 1.88 bits per heavy atom. The first kappa shape index (κ1) is 23.7. The van der Waals surface area contributed by atoms with E-state index in [2.05, 4.69) is 4.74 Å². The van der Waals surface area contributed by atoms with Crippen LogP contribution in [0.5, 0.6) is 5.75 Å². The van der Waals surface area contributed by atoms with Crippen LogP contribution >= 0.6 is 0 Å². The molecule has 0 heterocycles. The summed E-state index contributed by atoms with van der Waals surface area (Å²) in [6, 6.07) is 10.2. The van der Waals surface area contributed by atoms with Crippen LogP contribution < -0.4 is 4.74 Å². The van der Waals surface area contributed by atoms with Gasteiger partial charge in [-0.05, 0) is 67.5 Å². The van der Waals surface area contributed by atoms with Crippen LogP contribution in [0, 0.1) is 51.0 Å². The molecule has 0 bridgehead atoms. The SMILES string of the molecule is Cc1cc(C)c(-c2ccc3c(F)c(C(F)(F)Oc4cc(F)c(C)c(F)c4)c(F)cc3c2)c(C)c1. The summed E-state index contributed by atoms with van der Waals surface area (Å²) in [7, 11) is 0. The highest BCUT2D eigenvalue weighted by Crippen LogP contribution is 2.39. The molecule has 0 fully saturated rings. The Kier molecular flexibility index (Phi) is 5.84. The lowest BCUT2D eigenvalue weighted by Crippen LogP contribution is -2.25. The predicted molar refractivity (Wildman–Crippen MR) is 119 cm³/mol. The van der Waals surface area contributed by atoms with Gasteiger partial charge in [-0.2, -0.15) is 8.78 Å². The van der Waals surface area contributed by atoms with E-state index in [1.54, 1.807) is 6.07 Å². The number of hydrogen-bond donors (Lipinski definition) is 0. The Hall–Kier alpha value is -3.48. The van der Waals surface area contributed by atoms with Crippen LogP contribution in [0.1, 0.15) is 27.8 Å². The molecule has 0 saturated heterocycles. The Morgan fingerprint density at radius 1 is 0.706 bits per heavy atom. The Morgan fingerprint density at radius 2 is 1.29 bits per heavy atom. The van der Waals surface area contributed by atoms with E-state index < -0.39 is 46.3 Å². The lowest BCUT2D eigenvalue weighted by atomic mass is 9.92. The van der Waals surface area contributed by atoms with Gasteiger partial charge < -0.3 is 4.74 Å². The van der Waals surface area contributed by atoms with Crippen LogP contribution in [-0.2, 0) is 6.11 Å². The average Bonchev–Trinajstić information content (AvgIpc) is 2.70. The molecular formula is C27H20F6O. The van der Waals surface area contributed by atoms with Crippen molar-refractivity contribution in [2.24, 2.45) is 0 Å². The van der Waals surface area contributed by atoms with Crippen molar-refractivity contribution in [1.29, 1.82) is 0 Å². The predicted octanol–water partition coefficient (Wildman–Crippen LogP) is 8.43. The topological polar surface area (TPSA) is 9.23 Å². The van der Waals surface area contributed by atoms with Crippen LogP contribution in [0.3, 0.4) is 0 Å². The third kappa shape index (κ3) is 4.11. The van der Waals surface area contributed by atoms with E-state index >= 15 is 4.39 Å². The van der Waals surface area contributed by atoms with E-state index in [-0.39, 0.29) is 10.8 Å². The van der Waals surface area contributed by atoms with Crippen molar-refractivity contribution in [3.63, 3.8) is 0 Å². The molecule has 1 nitrogen and oxygen atoms in total. The number of benzene rings is 4. The molecule has 4 aromatic carbocycles. The first-order valence-corrected chi connectivity index (χ1v) is 10.4. The first-order valence-electron chi connectivity index (χ1n) is 10.4. The lowest BCUT2D eigenvalue weighted by molar-refractivity contribution is -0.189. The molecule has 0 unspecified atom stereocenters. The van der Waals surface area contributed by atoms with Crippen LogP contribution in [0.25, 0.3) is 21.9 Å². The highest BCUT2D eigenvalue weighted by Gasteiger charge is 2.42.